The van der Waals surface area contributed by atoms with Gasteiger partial charge in [-0.1, -0.05) is 19.9 Å². The summed E-state index contributed by atoms with van der Waals surface area (Å²) in [5.74, 6) is -2.02. The monoisotopic (exact) mass is 294 g/mol. The molecular formula is C14H18N2O5. The Morgan fingerprint density at radius 1 is 1.43 bits per heavy atom. The van der Waals surface area contributed by atoms with E-state index in [0.717, 1.165) is 0 Å². The number of rotatable bonds is 7. The van der Waals surface area contributed by atoms with Crippen LogP contribution in [0.1, 0.15) is 26.7 Å². The summed E-state index contributed by atoms with van der Waals surface area (Å²) in [5, 5.41) is 19.8. The summed E-state index contributed by atoms with van der Waals surface area (Å²) in [4.78, 5) is 34.7. The second kappa shape index (κ2) is 7.37. The molecule has 0 aliphatic heterocycles. The average molecular weight is 294 g/mol. The molecule has 0 saturated carbocycles. The number of non-ortho nitro benzene ring substituents is 1. The van der Waals surface area contributed by atoms with E-state index >= 15 is 0 Å². The van der Waals surface area contributed by atoms with Crippen molar-refractivity contribution >= 4 is 23.3 Å². The van der Waals surface area contributed by atoms with E-state index in [1.54, 1.807) is 6.07 Å². The van der Waals surface area contributed by atoms with E-state index < -0.39 is 16.8 Å². The number of nitrogens with zero attached hydrogens (tertiary/aromatic N) is 2. The third-order valence-corrected chi connectivity index (χ3v) is 3.00. The van der Waals surface area contributed by atoms with E-state index in [0.29, 0.717) is 12.1 Å². The molecule has 0 saturated heterocycles. The predicted molar refractivity (Wildman–Crippen MR) is 77.2 cm³/mol. The van der Waals surface area contributed by atoms with Crippen molar-refractivity contribution in [1.82, 2.24) is 0 Å². The van der Waals surface area contributed by atoms with E-state index in [2.05, 4.69) is 0 Å². The Labute approximate surface area is 122 Å². The number of amides is 1. The van der Waals surface area contributed by atoms with Crippen LogP contribution in [0.15, 0.2) is 24.3 Å². The summed E-state index contributed by atoms with van der Waals surface area (Å²) in [5.41, 5.74) is 0.209. The molecule has 0 heterocycles. The van der Waals surface area contributed by atoms with E-state index in [4.69, 9.17) is 5.11 Å². The number of carboxylic acids is 1. The first-order valence-electron chi connectivity index (χ1n) is 6.64. The molecule has 0 bridgehead atoms. The van der Waals surface area contributed by atoms with Gasteiger partial charge in [-0.15, -0.1) is 0 Å². The maximum atomic E-state index is 12.1. The highest BCUT2D eigenvalue weighted by Gasteiger charge is 2.22. The van der Waals surface area contributed by atoms with Crippen molar-refractivity contribution < 1.29 is 19.6 Å². The van der Waals surface area contributed by atoms with Crippen LogP contribution in [0.4, 0.5) is 11.4 Å². The molecule has 7 nitrogen and oxygen atoms in total. The minimum Gasteiger partial charge on any atom is -0.481 e. The van der Waals surface area contributed by atoms with Gasteiger partial charge in [0.05, 0.1) is 16.5 Å². The highest BCUT2D eigenvalue weighted by Crippen LogP contribution is 2.23. The summed E-state index contributed by atoms with van der Waals surface area (Å²) in [6.07, 6.45) is 0.876. The Morgan fingerprint density at radius 3 is 2.62 bits per heavy atom. The lowest BCUT2D eigenvalue weighted by Crippen LogP contribution is -2.36. The van der Waals surface area contributed by atoms with Crippen LogP contribution in [0, 0.1) is 16.0 Å². The zero-order valence-corrected chi connectivity index (χ0v) is 12.0. The van der Waals surface area contributed by atoms with Gasteiger partial charge >= 0.3 is 5.97 Å². The molecule has 114 valence electrons. The standard InChI is InChI=1S/C14H18N2O5/c1-3-5-13(17)15(9-10(2)14(18)19)11-6-4-7-12(8-11)16(20)21/h4,6-8,10H,3,5,9H2,1-2H3,(H,18,19). The van der Waals surface area contributed by atoms with Gasteiger partial charge in [-0.05, 0) is 12.5 Å². The molecule has 0 aromatic heterocycles. The van der Waals surface area contributed by atoms with Crippen molar-refractivity contribution in [3.63, 3.8) is 0 Å². The molecular weight excluding hydrogens is 276 g/mol. The van der Waals surface area contributed by atoms with Gasteiger partial charge < -0.3 is 10.0 Å². The summed E-state index contributed by atoms with van der Waals surface area (Å²) < 4.78 is 0. The molecule has 1 aromatic carbocycles. The maximum absolute atomic E-state index is 12.1. The molecule has 0 fully saturated rings. The van der Waals surface area contributed by atoms with E-state index in [1.165, 1.54) is 30.0 Å². The lowest BCUT2D eigenvalue weighted by molar-refractivity contribution is -0.384. The average Bonchev–Trinajstić information content (AvgIpc) is 2.44. The van der Waals surface area contributed by atoms with Crippen LogP contribution >= 0.6 is 0 Å². The largest absolute Gasteiger partial charge is 0.481 e. The summed E-state index contributed by atoms with van der Waals surface area (Å²) >= 11 is 0. The van der Waals surface area contributed by atoms with Crippen LogP contribution in [0.5, 0.6) is 0 Å². The third kappa shape index (κ3) is 4.55. The zero-order chi connectivity index (χ0) is 16.0. The van der Waals surface area contributed by atoms with Crippen molar-refractivity contribution in [2.45, 2.75) is 26.7 Å². The first-order valence-corrected chi connectivity index (χ1v) is 6.64. The minimum atomic E-state index is -1.02. The molecule has 7 heteroatoms. The molecule has 1 amide bonds. The minimum absolute atomic E-state index is 0.0185. The van der Waals surface area contributed by atoms with Gasteiger partial charge in [0.15, 0.2) is 0 Å². The number of nitro groups is 1. The van der Waals surface area contributed by atoms with Crippen molar-refractivity contribution in [1.29, 1.82) is 0 Å². The first kappa shape index (κ1) is 16.6. The Hall–Kier alpha value is -2.44. The van der Waals surface area contributed by atoms with Gasteiger partial charge in [-0.2, -0.15) is 0 Å². The Bertz CT molecular complexity index is 544. The number of nitro benzene ring substituents is 1. The van der Waals surface area contributed by atoms with Gasteiger partial charge in [-0.25, -0.2) is 0 Å². The van der Waals surface area contributed by atoms with Crippen molar-refractivity contribution in [3.05, 3.63) is 34.4 Å². The Morgan fingerprint density at radius 2 is 2.10 bits per heavy atom. The SMILES string of the molecule is CCCC(=O)N(CC(C)C(=O)O)c1cccc([N+](=O)[O-])c1. The lowest BCUT2D eigenvalue weighted by Gasteiger charge is -2.24. The maximum Gasteiger partial charge on any atom is 0.308 e. The summed E-state index contributed by atoms with van der Waals surface area (Å²) in [7, 11) is 0. The van der Waals surface area contributed by atoms with Gasteiger partial charge in [0.25, 0.3) is 5.69 Å². The van der Waals surface area contributed by atoms with Gasteiger partial charge in [0.1, 0.15) is 0 Å². The van der Waals surface area contributed by atoms with Crippen molar-refractivity contribution in [2.75, 3.05) is 11.4 Å². The van der Waals surface area contributed by atoms with E-state index in [-0.39, 0.29) is 24.6 Å². The highest BCUT2D eigenvalue weighted by atomic mass is 16.6. The molecule has 1 unspecified atom stereocenters. The summed E-state index contributed by atoms with van der Waals surface area (Å²) in [6, 6.07) is 5.65. The molecule has 0 spiro atoms. The molecule has 21 heavy (non-hydrogen) atoms. The zero-order valence-electron chi connectivity index (χ0n) is 12.0. The molecule has 1 N–H and O–H groups in total. The second-order valence-electron chi connectivity index (χ2n) is 4.77. The van der Waals surface area contributed by atoms with Crippen molar-refractivity contribution in [3.8, 4) is 0 Å². The van der Waals surface area contributed by atoms with Crippen LogP contribution in [0.25, 0.3) is 0 Å². The van der Waals surface area contributed by atoms with E-state index in [9.17, 15) is 19.7 Å². The number of aliphatic carboxylic acids is 1. The fourth-order valence-electron chi connectivity index (χ4n) is 1.83. The second-order valence-corrected chi connectivity index (χ2v) is 4.77. The number of hydrogen-bond acceptors (Lipinski definition) is 4. The normalized spacial score (nSPS) is 11.7. The first-order chi connectivity index (χ1) is 9.86. The van der Waals surface area contributed by atoms with Crippen LogP contribution in [-0.4, -0.2) is 28.5 Å². The smallest absolute Gasteiger partial charge is 0.308 e. The Kier molecular flexibility index (Phi) is 5.83. The van der Waals surface area contributed by atoms with Crippen LogP contribution in [0.2, 0.25) is 0 Å². The molecule has 0 radical (unpaired) electrons. The molecule has 1 rings (SSSR count). The number of carbonyl (C=O) groups is 2. The van der Waals surface area contributed by atoms with Crippen LogP contribution < -0.4 is 4.90 Å². The van der Waals surface area contributed by atoms with Gasteiger partial charge in [-0.3, -0.25) is 19.7 Å². The summed E-state index contributed by atoms with van der Waals surface area (Å²) in [6.45, 7) is 3.31. The molecule has 0 aliphatic rings. The highest BCUT2D eigenvalue weighted by molar-refractivity contribution is 5.94. The number of hydrogen-bond donors (Lipinski definition) is 1. The fourth-order valence-corrected chi connectivity index (χ4v) is 1.83. The molecule has 1 aromatic rings. The molecule has 0 aliphatic carbocycles. The quantitative estimate of drug-likeness (QED) is 0.615. The number of carboxylic acid groups (broad SMARTS) is 1. The number of carbonyl (C=O) groups excluding carboxylic acids is 1. The topological polar surface area (TPSA) is 101 Å². The fraction of sp³-hybridized carbons (Fsp3) is 0.429. The van der Waals surface area contributed by atoms with E-state index in [1.807, 2.05) is 6.92 Å². The number of anilines is 1. The molecule has 1 atom stereocenters. The Balaban J connectivity index is 3.10. The third-order valence-electron chi connectivity index (χ3n) is 3.00. The van der Waals surface area contributed by atoms with Gasteiger partial charge in [0.2, 0.25) is 5.91 Å². The predicted octanol–water partition coefficient (Wildman–Crippen LogP) is 2.45. The van der Waals surface area contributed by atoms with Crippen LogP contribution in [0.3, 0.4) is 0 Å². The van der Waals surface area contributed by atoms with Crippen LogP contribution in [-0.2, 0) is 9.59 Å². The number of benzene rings is 1. The van der Waals surface area contributed by atoms with Gasteiger partial charge in [0, 0.05) is 25.1 Å². The van der Waals surface area contributed by atoms with Crippen molar-refractivity contribution in [2.24, 2.45) is 5.92 Å². The lowest BCUT2D eigenvalue weighted by atomic mass is 10.1.